The molecule has 1 heterocycles. The van der Waals surface area contributed by atoms with E-state index in [-0.39, 0.29) is 11.9 Å². The summed E-state index contributed by atoms with van der Waals surface area (Å²) in [6.07, 6.45) is 3.90. The Hall–Kier alpha value is -2.08. The van der Waals surface area contributed by atoms with Crippen molar-refractivity contribution < 1.29 is 9.13 Å². The molecule has 1 aromatic heterocycles. The summed E-state index contributed by atoms with van der Waals surface area (Å²) in [5.74, 6) is 0.595. The van der Waals surface area contributed by atoms with Gasteiger partial charge in [0.2, 0.25) is 0 Å². The van der Waals surface area contributed by atoms with E-state index in [4.69, 9.17) is 4.74 Å². The van der Waals surface area contributed by atoms with E-state index in [0.717, 1.165) is 61.5 Å². The molecule has 0 spiro atoms. The van der Waals surface area contributed by atoms with Crippen LogP contribution >= 0.6 is 0 Å². The van der Waals surface area contributed by atoms with E-state index in [9.17, 15) is 4.39 Å². The molecule has 6 heteroatoms. The fourth-order valence-corrected chi connectivity index (χ4v) is 2.59. The largest absolute Gasteiger partial charge is 0.379 e. The Labute approximate surface area is 149 Å². The molecule has 0 radical (unpaired) electrons. The fraction of sp³-hybridized carbons (Fsp3) is 0.526. The topological polar surface area (TPSA) is 61.4 Å². The summed E-state index contributed by atoms with van der Waals surface area (Å²) in [5.41, 5.74) is 2.06. The average molecular weight is 348 g/mol. The zero-order chi connectivity index (χ0) is 18.1. The molecule has 0 aliphatic rings. The van der Waals surface area contributed by atoms with Gasteiger partial charge in [-0.05, 0) is 57.4 Å². The van der Waals surface area contributed by atoms with Gasteiger partial charge in [-0.1, -0.05) is 0 Å². The number of nitrogens with one attached hydrogen (secondary N) is 3. The Morgan fingerprint density at radius 3 is 2.92 bits per heavy atom. The molecule has 138 valence electrons. The number of benzene rings is 1. The van der Waals surface area contributed by atoms with Crippen molar-refractivity contribution >= 4 is 16.9 Å². The predicted octanol–water partition coefficient (Wildman–Crippen LogP) is 3.22. The van der Waals surface area contributed by atoms with Crippen LogP contribution in [0.4, 0.5) is 4.39 Å². The van der Waals surface area contributed by atoms with Crippen molar-refractivity contribution in [3.05, 3.63) is 35.8 Å². The van der Waals surface area contributed by atoms with E-state index >= 15 is 0 Å². The lowest BCUT2D eigenvalue weighted by atomic mass is 10.1. The third-order valence-corrected chi connectivity index (χ3v) is 3.78. The number of aromatic nitrogens is 1. The first-order valence-electron chi connectivity index (χ1n) is 8.99. The molecule has 25 heavy (non-hydrogen) atoms. The zero-order valence-corrected chi connectivity index (χ0v) is 15.4. The maximum atomic E-state index is 13.4. The Morgan fingerprint density at radius 1 is 1.32 bits per heavy atom. The van der Waals surface area contributed by atoms with Gasteiger partial charge >= 0.3 is 0 Å². The molecular weight excluding hydrogens is 319 g/mol. The van der Waals surface area contributed by atoms with Crippen LogP contribution in [0.2, 0.25) is 0 Å². The van der Waals surface area contributed by atoms with Crippen LogP contribution in [0.5, 0.6) is 0 Å². The molecule has 0 saturated heterocycles. The van der Waals surface area contributed by atoms with Crippen LogP contribution in [0.1, 0.15) is 32.8 Å². The maximum absolute atomic E-state index is 13.4. The van der Waals surface area contributed by atoms with Crippen LogP contribution < -0.4 is 10.6 Å². The van der Waals surface area contributed by atoms with Gasteiger partial charge in [0.1, 0.15) is 5.82 Å². The van der Waals surface area contributed by atoms with Gasteiger partial charge in [-0.15, -0.1) is 0 Å². The second kappa shape index (κ2) is 10.0. The Balaban J connectivity index is 1.82. The first-order chi connectivity index (χ1) is 12.1. The summed E-state index contributed by atoms with van der Waals surface area (Å²) in [5, 5.41) is 7.51. The molecule has 2 rings (SSSR count). The fourth-order valence-electron chi connectivity index (χ4n) is 2.59. The summed E-state index contributed by atoms with van der Waals surface area (Å²) in [4.78, 5) is 7.73. The highest BCUT2D eigenvalue weighted by molar-refractivity contribution is 5.83. The van der Waals surface area contributed by atoms with Crippen molar-refractivity contribution in [3.63, 3.8) is 0 Å². The van der Waals surface area contributed by atoms with Crippen molar-refractivity contribution in [1.82, 2.24) is 15.6 Å². The van der Waals surface area contributed by atoms with Gasteiger partial charge in [-0.3, -0.25) is 4.99 Å². The summed E-state index contributed by atoms with van der Waals surface area (Å²) >= 11 is 0. The van der Waals surface area contributed by atoms with Crippen molar-refractivity contribution in [2.45, 2.75) is 39.7 Å². The molecule has 0 atom stereocenters. The lowest BCUT2D eigenvalue weighted by molar-refractivity contribution is 0.0782. The average Bonchev–Trinajstić information content (AvgIpc) is 2.96. The molecule has 2 aromatic rings. The van der Waals surface area contributed by atoms with Gasteiger partial charge in [0.05, 0.1) is 6.10 Å². The minimum Gasteiger partial charge on any atom is -0.379 e. The van der Waals surface area contributed by atoms with E-state index in [2.05, 4.69) is 20.6 Å². The molecule has 3 N–H and O–H groups in total. The van der Waals surface area contributed by atoms with Crippen LogP contribution in [0, 0.1) is 5.82 Å². The number of hydrogen-bond acceptors (Lipinski definition) is 2. The number of hydrogen-bond donors (Lipinski definition) is 3. The third-order valence-electron chi connectivity index (χ3n) is 3.78. The molecular formula is C19H29FN4O. The van der Waals surface area contributed by atoms with Gasteiger partial charge in [-0.2, -0.15) is 0 Å². The number of halogens is 1. The van der Waals surface area contributed by atoms with Crippen LogP contribution in [0.3, 0.4) is 0 Å². The number of aliphatic imine (C=N–C) groups is 1. The van der Waals surface area contributed by atoms with Crippen LogP contribution in [0.15, 0.2) is 29.4 Å². The van der Waals surface area contributed by atoms with Gasteiger partial charge in [-0.25, -0.2) is 4.39 Å². The summed E-state index contributed by atoms with van der Waals surface area (Å²) in [6.45, 7) is 9.10. The van der Waals surface area contributed by atoms with E-state index in [1.54, 1.807) is 12.1 Å². The van der Waals surface area contributed by atoms with E-state index in [1.165, 1.54) is 6.07 Å². The van der Waals surface area contributed by atoms with Gasteiger partial charge < -0.3 is 20.4 Å². The van der Waals surface area contributed by atoms with Crippen molar-refractivity contribution in [2.75, 3.05) is 26.2 Å². The number of rotatable bonds is 9. The monoisotopic (exact) mass is 348 g/mol. The molecule has 0 saturated carbocycles. The van der Waals surface area contributed by atoms with E-state index in [0.29, 0.717) is 0 Å². The van der Waals surface area contributed by atoms with Gasteiger partial charge in [0, 0.05) is 43.3 Å². The second-order valence-electron chi connectivity index (χ2n) is 6.21. The van der Waals surface area contributed by atoms with Crippen molar-refractivity contribution in [1.29, 1.82) is 0 Å². The zero-order valence-electron chi connectivity index (χ0n) is 15.4. The van der Waals surface area contributed by atoms with Crippen molar-refractivity contribution in [2.24, 2.45) is 4.99 Å². The predicted molar refractivity (Wildman–Crippen MR) is 102 cm³/mol. The Morgan fingerprint density at radius 2 is 2.16 bits per heavy atom. The highest BCUT2D eigenvalue weighted by Crippen LogP contribution is 2.19. The second-order valence-corrected chi connectivity index (χ2v) is 6.21. The number of aromatic amines is 1. The van der Waals surface area contributed by atoms with Gasteiger partial charge in [0.25, 0.3) is 0 Å². The van der Waals surface area contributed by atoms with Gasteiger partial charge in [0.15, 0.2) is 5.96 Å². The number of H-pyrrole nitrogens is 1. The Kier molecular flexibility index (Phi) is 7.73. The third kappa shape index (κ3) is 6.38. The van der Waals surface area contributed by atoms with E-state index in [1.807, 2.05) is 27.0 Å². The summed E-state index contributed by atoms with van der Waals surface area (Å²) in [7, 11) is 0. The number of guanidine groups is 1. The highest BCUT2D eigenvalue weighted by Gasteiger charge is 2.05. The molecule has 0 bridgehead atoms. The normalized spacial score (nSPS) is 12.1. The Bertz CT molecular complexity index is 681. The molecule has 0 amide bonds. The van der Waals surface area contributed by atoms with Crippen LogP contribution in [-0.4, -0.2) is 43.3 Å². The molecule has 5 nitrogen and oxygen atoms in total. The first-order valence-corrected chi connectivity index (χ1v) is 8.99. The highest BCUT2D eigenvalue weighted by atomic mass is 19.1. The minimum atomic E-state index is -0.208. The molecule has 0 aliphatic heterocycles. The smallest absolute Gasteiger partial charge is 0.191 e. The standard InChI is InChI=1S/C19H29FN4O/c1-4-21-19(22-9-5-11-25-14(2)3)23-10-8-15-13-24-18-7-6-16(20)12-17(15)18/h6-7,12-14,24H,4-5,8-11H2,1-3H3,(H2,21,22,23). The maximum Gasteiger partial charge on any atom is 0.191 e. The quantitative estimate of drug-likeness (QED) is 0.370. The first kappa shape index (κ1) is 19.2. The molecule has 0 fully saturated rings. The summed E-state index contributed by atoms with van der Waals surface area (Å²) in [6, 6.07) is 4.82. The number of fused-ring (bicyclic) bond motifs is 1. The van der Waals surface area contributed by atoms with Crippen molar-refractivity contribution in [3.8, 4) is 0 Å². The van der Waals surface area contributed by atoms with Crippen LogP contribution in [-0.2, 0) is 11.2 Å². The SMILES string of the molecule is CCNC(=NCCCOC(C)C)NCCc1c[nH]c2ccc(F)cc12. The van der Waals surface area contributed by atoms with E-state index < -0.39 is 0 Å². The molecule has 0 unspecified atom stereocenters. The summed E-state index contributed by atoms with van der Waals surface area (Å²) < 4.78 is 18.9. The minimum absolute atomic E-state index is 0.208. The lowest BCUT2D eigenvalue weighted by Crippen LogP contribution is -2.38. The molecule has 0 aliphatic carbocycles. The number of nitrogens with zero attached hydrogens (tertiary/aromatic N) is 1. The number of ether oxygens (including phenoxy) is 1. The van der Waals surface area contributed by atoms with Crippen LogP contribution in [0.25, 0.3) is 10.9 Å². The lowest BCUT2D eigenvalue weighted by Gasteiger charge is -2.11. The molecule has 1 aromatic carbocycles.